The summed E-state index contributed by atoms with van der Waals surface area (Å²) in [7, 11) is 2.04. The predicted molar refractivity (Wildman–Crippen MR) is 99.2 cm³/mol. The number of pyridine rings is 2. The molecule has 1 atom stereocenters. The second kappa shape index (κ2) is 9.16. The molecule has 6 heteroatoms. The van der Waals surface area contributed by atoms with Crippen molar-refractivity contribution in [2.75, 3.05) is 33.2 Å². The van der Waals surface area contributed by atoms with Crippen molar-refractivity contribution in [1.29, 1.82) is 0 Å². The highest BCUT2D eigenvalue weighted by molar-refractivity contribution is 5.08. The zero-order chi connectivity index (χ0) is 18.4. The number of hydrogen-bond acceptors (Lipinski definition) is 5. The van der Waals surface area contributed by atoms with Crippen molar-refractivity contribution in [3.05, 3.63) is 59.9 Å². The Morgan fingerprint density at radius 2 is 2.04 bits per heavy atom. The lowest BCUT2D eigenvalue weighted by molar-refractivity contribution is 0.0718. The van der Waals surface area contributed by atoms with Crippen LogP contribution in [0, 0.1) is 5.82 Å². The van der Waals surface area contributed by atoms with E-state index < -0.39 is 6.10 Å². The summed E-state index contributed by atoms with van der Waals surface area (Å²) in [6.45, 7) is 3.67. The van der Waals surface area contributed by atoms with Crippen molar-refractivity contribution in [2.24, 2.45) is 0 Å². The molecular weight excluding hydrogens is 331 g/mol. The molecule has 1 aliphatic heterocycles. The lowest BCUT2D eigenvalue weighted by Crippen LogP contribution is -2.45. The number of nitrogens with zero attached hydrogens (tertiary/aromatic N) is 4. The first-order chi connectivity index (χ1) is 12.6. The monoisotopic (exact) mass is 358 g/mol. The molecule has 0 saturated carbocycles. The lowest BCUT2D eigenvalue weighted by atomic mass is 10.0. The number of hydrogen-bond donors (Lipinski definition) is 1. The summed E-state index contributed by atoms with van der Waals surface area (Å²) in [5, 5.41) is 10.3. The zero-order valence-corrected chi connectivity index (χ0v) is 15.3. The van der Waals surface area contributed by atoms with Gasteiger partial charge >= 0.3 is 0 Å². The van der Waals surface area contributed by atoms with E-state index in [-0.39, 0.29) is 5.82 Å². The Hall–Kier alpha value is -1.89. The highest BCUT2D eigenvalue weighted by atomic mass is 19.1. The summed E-state index contributed by atoms with van der Waals surface area (Å²) >= 11 is 0. The highest BCUT2D eigenvalue weighted by Crippen LogP contribution is 2.19. The van der Waals surface area contributed by atoms with Crippen LogP contribution in [0.1, 0.15) is 30.3 Å². The van der Waals surface area contributed by atoms with Crippen LogP contribution in [-0.4, -0.2) is 64.1 Å². The van der Waals surface area contributed by atoms with E-state index in [0.717, 1.165) is 50.8 Å². The summed E-state index contributed by atoms with van der Waals surface area (Å²) in [5.74, 6) is -0.382. The molecule has 0 aliphatic carbocycles. The molecular formula is C20H27FN4O. The second-order valence-corrected chi connectivity index (χ2v) is 7.00. The minimum Gasteiger partial charge on any atom is -0.385 e. The van der Waals surface area contributed by atoms with Crippen LogP contribution < -0.4 is 0 Å². The molecule has 0 radical (unpaired) electrons. The van der Waals surface area contributed by atoms with Crippen molar-refractivity contribution >= 4 is 0 Å². The third-order valence-electron chi connectivity index (χ3n) is 5.14. The van der Waals surface area contributed by atoms with Gasteiger partial charge in [0.2, 0.25) is 0 Å². The lowest BCUT2D eigenvalue weighted by Gasteiger charge is -2.37. The molecule has 0 unspecified atom stereocenters. The van der Waals surface area contributed by atoms with Crippen LogP contribution in [0.2, 0.25) is 0 Å². The molecule has 3 rings (SSSR count). The van der Waals surface area contributed by atoms with Gasteiger partial charge in [0.1, 0.15) is 11.9 Å². The van der Waals surface area contributed by atoms with Gasteiger partial charge in [-0.1, -0.05) is 6.07 Å². The van der Waals surface area contributed by atoms with E-state index in [4.69, 9.17) is 0 Å². The van der Waals surface area contributed by atoms with Gasteiger partial charge < -0.3 is 14.9 Å². The molecule has 140 valence electrons. The number of aliphatic hydroxyl groups excluding tert-OH is 1. The summed E-state index contributed by atoms with van der Waals surface area (Å²) in [4.78, 5) is 13.0. The number of piperidine rings is 1. The molecule has 0 bridgehead atoms. The van der Waals surface area contributed by atoms with Crippen molar-refractivity contribution in [2.45, 2.75) is 31.4 Å². The van der Waals surface area contributed by atoms with Crippen LogP contribution in [0.15, 0.2) is 42.7 Å². The van der Waals surface area contributed by atoms with Gasteiger partial charge in [-0.25, -0.2) is 4.39 Å². The van der Waals surface area contributed by atoms with E-state index in [0.29, 0.717) is 18.3 Å². The highest BCUT2D eigenvalue weighted by Gasteiger charge is 2.24. The Morgan fingerprint density at radius 3 is 2.69 bits per heavy atom. The third-order valence-corrected chi connectivity index (χ3v) is 5.14. The topological polar surface area (TPSA) is 52.5 Å². The number of aliphatic hydroxyl groups is 1. The fourth-order valence-corrected chi connectivity index (χ4v) is 3.50. The third kappa shape index (κ3) is 5.30. The number of likely N-dealkylation sites (tertiary alicyclic amines) is 1. The van der Waals surface area contributed by atoms with Crippen LogP contribution in [-0.2, 0) is 6.42 Å². The molecule has 1 saturated heterocycles. The number of likely N-dealkylation sites (N-methyl/N-ethyl adjacent to an activating group) is 1. The molecule has 26 heavy (non-hydrogen) atoms. The van der Waals surface area contributed by atoms with E-state index in [2.05, 4.69) is 25.8 Å². The summed E-state index contributed by atoms with van der Waals surface area (Å²) in [6.07, 6.45) is 5.46. The predicted octanol–water partition coefficient (Wildman–Crippen LogP) is 2.29. The quantitative estimate of drug-likeness (QED) is 0.823. The second-order valence-electron chi connectivity index (χ2n) is 7.00. The molecule has 0 aromatic carbocycles. The molecule has 1 aliphatic rings. The number of aromatic nitrogens is 2. The maximum atomic E-state index is 12.9. The van der Waals surface area contributed by atoms with Crippen LogP contribution in [0.5, 0.6) is 0 Å². The van der Waals surface area contributed by atoms with Crippen LogP contribution >= 0.6 is 0 Å². The van der Waals surface area contributed by atoms with E-state index >= 15 is 0 Å². The fourth-order valence-electron chi connectivity index (χ4n) is 3.50. The molecule has 2 aromatic rings. The molecule has 5 nitrogen and oxygen atoms in total. The molecule has 0 amide bonds. The molecule has 0 spiro atoms. The molecule has 1 fully saturated rings. The largest absolute Gasteiger partial charge is 0.385 e. The SMILES string of the molecule is CN(C[C@@H](O)c1ccc(F)cn1)C1CCN(CCc2ccccn2)CC1. The maximum Gasteiger partial charge on any atom is 0.141 e. The van der Waals surface area contributed by atoms with Crippen molar-refractivity contribution in [3.63, 3.8) is 0 Å². The Balaban J connectivity index is 1.41. The van der Waals surface area contributed by atoms with E-state index in [1.807, 2.05) is 25.4 Å². The zero-order valence-electron chi connectivity index (χ0n) is 15.3. The van der Waals surface area contributed by atoms with E-state index in [1.54, 1.807) is 6.07 Å². The minimum absolute atomic E-state index is 0.382. The summed E-state index contributed by atoms with van der Waals surface area (Å²) < 4.78 is 12.9. The van der Waals surface area contributed by atoms with Crippen molar-refractivity contribution < 1.29 is 9.50 Å². The van der Waals surface area contributed by atoms with Gasteiger partial charge in [0.25, 0.3) is 0 Å². The molecule has 3 heterocycles. The standard InChI is InChI=1S/C20H27FN4O/c1-24(15-20(26)19-6-5-16(21)14-23-19)18-8-12-25(13-9-18)11-7-17-4-2-3-10-22-17/h2-6,10,14,18,20,26H,7-9,11-13,15H2,1H3/t20-/m1/s1. The van der Waals surface area contributed by atoms with Crippen molar-refractivity contribution in [1.82, 2.24) is 19.8 Å². The van der Waals surface area contributed by atoms with Crippen molar-refractivity contribution in [3.8, 4) is 0 Å². The van der Waals surface area contributed by atoms with Gasteiger partial charge in [0.15, 0.2) is 0 Å². The average Bonchev–Trinajstić information content (AvgIpc) is 2.68. The Morgan fingerprint density at radius 1 is 1.23 bits per heavy atom. The minimum atomic E-state index is -0.692. The smallest absolute Gasteiger partial charge is 0.141 e. The summed E-state index contributed by atoms with van der Waals surface area (Å²) in [5.41, 5.74) is 1.66. The molecule has 2 aromatic heterocycles. The van der Waals surface area contributed by atoms with Gasteiger partial charge in [0, 0.05) is 37.4 Å². The maximum absolute atomic E-state index is 12.9. The van der Waals surface area contributed by atoms with Gasteiger partial charge in [-0.3, -0.25) is 9.97 Å². The Bertz CT molecular complexity index is 659. The first-order valence-electron chi connectivity index (χ1n) is 9.24. The fraction of sp³-hybridized carbons (Fsp3) is 0.500. The van der Waals surface area contributed by atoms with Crippen LogP contribution in [0.4, 0.5) is 4.39 Å². The Labute approximate surface area is 154 Å². The van der Waals surface area contributed by atoms with Crippen LogP contribution in [0.3, 0.4) is 0 Å². The first kappa shape index (κ1) is 18.9. The van der Waals surface area contributed by atoms with E-state index in [9.17, 15) is 9.50 Å². The van der Waals surface area contributed by atoms with Gasteiger partial charge in [-0.05, 0) is 57.2 Å². The summed E-state index contributed by atoms with van der Waals surface area (Å²) in [6, 6.07) is 9.40. The van der Waals surface area contributed by atoms with E-state index in [1.165, 1.54) is 6.07 Å². The van der Waals surface area contributed by atoms with Gasteiger partial charge in [-0.2, -0.15) is 0 Å². The normalized spacial score (nSPS) is 17.5. The first-order valence-corrected chi connectivity index (χ1v) is 9.24. The van der Waals surface area contributed by atoms with Gasteiger partial charge in [-0.15, -0.1) is 0 Å². The Kier molecular flexibility index (Phi) is 6.66. The van der Waals surface area contributed by atoms with Crippen LogP contribution in [0.25, 0.3) is 0 Å². The average molecular weight is 358 g/mol. The number of rotatable bonds is 7. The number of halogens is 1. The molecule has 1 N–H and O–H groups in total. The van der Waals surface area contributed by atoms with Gasteiger partial charge in [0.05, 0.1) is 11.9 Å².